The Bertz CT molecular complexity index is 990. The molecule has 4 rings (SSSR count). The van der Waals surface area contributed by atoms with E-state index in [0.29, 0.717) is 18.8 Å². The van der Waals surface area contributed by atoms with Crippen LogP contribution in [-0.2, 0) is 0 Å². The van der Waals surface area contributed by atoms with E-state index in [2.05, 4.69) is 22.1 Å². The van der Waals surface area contributed by atoms with Crippen LogP contribution in [0, 0.1) is 13.8 Å². The van der Waals surface area contributed by atoms with Gasteiger partial charge in [-0.25, -0.2) is 4.68 Å². The summed E-state index contributed by atoms with van der Waals surface area (Å²) in [5.41, 5.74) is 4.74. The van der Waals surface area contributed by atoms with Gasteiger partial charge in [-0.1, -0.05) is 40.6 Å². The van der Waals surface area contributed by atoms with Crippen molar-refractivity contribution in [3.8, 4) is 5.69 Å². The second-order valence-electron chi connectivity index (χ2n) is 7.09. The van der Waals surface area contributed by atoms with Gasteiger partial charge in [0, 0.05) is 36.9 Å². The molecular formula is C21H22ClN5O. The summed E-state index contributed by atoms with van der Waals surface area (Å²) < 4.78 is 1.64. The second-order valence-corrected chi connectivity index (χ2v) is 7.53. The van der Waals surface area contributed by atoms with E-state index in [4.69, 9.17) is 11.6 Å². The first-order chi connectivity index (χ1) is 13.5. The van der Waals surface area contributed by atoms with Crippen LogP contribution in [0.3, 0.4) is 0 Å². The highest BCUT2D eigenvalue weighted by Crippen LogP contribution is 2.25. The number of benzene rings is 2. The van der Waals surface area contributed by atoms with E-state index in [1.807, 2.05) is 54.3 Å². The average Bonchev–Trinajstić information content (AvgIpc) is 3.20. The Morgan fingerprint density at radius 2 is 1.71 bits per heavy atom. The maximum Gasteiger partial charge on any atom is 0.276 e. The van der Waals surface area contributed by atoms with Crippen LogP contribution < -0.4 is 4.90 Å². The molecule has 0 aliphatic carbocycles. The Hall–Kier alpha value is -2.86. The lowest BCUT2D eigenvalue weighted by Crippen LogP contribution is -2.49. The zero-order chi connectivity index (χ0) is 19.7. The number of aromatic nitrogens is 3. The van der Waals surface area contributed by atoms with E-state index in [1.165, 1.54) is 11.1 Å². The minimum atomic E-state index is -0.0826. The van der Waals surface area contributed by atoms with Crippen LogP contribution in [0.25, 0.3) is 5.69 Å². The molecule has 2 heterocycles. The number of nitrogens with zero attached hydrogens (tertiary/aromatic N) is 5. The summed E-state index contributed by atoms with van der Waals surface area (Å²) in [6.45, 7) is 6.92. The summed E-state index contributed by atoms with van der Waals surface area (Å²) in [5.74, 6) is -0.0826. The van der Waals surface area contributed by atoms with Gasteiger partial charge >= 0.3 is 0 Å². The molecule has 1 fully saturated rings. The van der Waals surface area contributed by atoms with Gasteiger partial charge in [-0.15, -0.1) is 5.10 Å². The van der Waals surface area contributed by atoms with E-state index in [1.54, 1.807) is 10.9 Å². The number of hydrogen-bond acceptors (Lipinski definition) is 4. The molecule has 3 aromatic rings. The molecule has 0 radical (unpaired) electrons. The Labute approximate surface area is 169 Å². The molecule has 6 nitrogen and oxygen atoms in total. The first-order valence-corrected chi connectivity index (χ1v) is 9.69. The van der Waals surface area contributed by atoms with E-state index in [0.717, 1.165) is 29.5 Å². The van der Waals surface area contributed by atoms with Gasteiger partial charge < -0.3 is 9.80 Å². The van der Waals surface area contributed by atoms with Crippen molar-refractivity contribution >= 4 is 23.2 Å². The van der Waals surface area contributed by atoms with Gasteiger partial charge in [0.2, 0.25) is 0 Å². The van der Waals surface area contributed by atoms with Crippen LogP contribution in [-0.4, -0.2) is 52.0 Å². The highest BCUT2D eigenvalue weighted by molar-refractivity contribution is 6.30. The number of hydrogen-bond donors (Lipinski definition) is 0. The van der Waals surface area contributed by atoms with E-state index >= 15 is 0 Å². The number of rotatable bonds is 3. The Balaban J connectivity index is 1.43. The summed E-state index contributed by atoms with van der Waals surface area (Å²) in [5, 5.41) is 8.92. The second kappa shape index (κ2) is 7.64. The molecule has 0 bridgehead atoms. The molecule has 0 N–H and O–H groups in total. The molecule has 0 unspecified atom stereocenters. The first-order valence-electron chi connectivity index (χ1n) is 9.31. The molecule has 0 spiro atoms. The van der Waals surface area contributed by atoms with Crippen LogP contribution in [0.4, 0.5) is 5.69 Å². The van der Waals surface area contributed by atoms with Crippen molar-refractivity contribution in [2.75, 3.05) is 31.1 Å². The first kappa shape index (κ1) is 18.5. The largest absolute Gasteiger partial charge is 0.368 e. The molecule has 7 heteroatoms. The van der Waals surface area contributed by atoms with Crippen molar-refractivity contribution < 1.29 is 4.79 Å². The van der Waals surface area contributed by atoms with Crippen LogP contribution in [0.1, 0.15) is 21.6 Å². The average molecular weight is 396 g/mol. The SMILES string of the molecule is Cc1ccc(-n2cc(C(=O)N3CCN(c4cc(Cl)ccc4C)CC3)nn2)cc1. The molecule has 144 valence electrons. The number of aryl methyl sites for hydroxylation is 2. The molecule has 2 aromatic carbocycles. The van der Waals surface area contributed by atoms with E-state index in [-0.39, 0.29) is 5.91 Å². The molecule has 1 amide bonds. The van der Waals surface area contributed by atoms with Gasteiger partial charge in [0.15, 0.2) is 5.69 Å². The Kier molecular flexibility index (Phi) is 5.05. The van der Waals surface area contributed by atoms with Gasteiger partial charge in [0.25, 0.3) is 5.91 Å². The predicted octanol–water partition coefficient (Wildman–Crippen LogP) is 3.50. The van der Waals surface area contributed by atoms with Crippen molar-refractivity contribution in [3.63, 3.8) is 0 Å². The lowest BCUT2D eigenvalue weighted by Gasteiger charge is -2.36. The fraction of sp³-hybridized carbons (Fsp3) is 0.286. The summed E-state index contributed by atoms with van der Waals surface area (Å²) >= 11 is 6.15. The molecular weight excluding hydrogens is 374 g/mol. The monoisotopic (exact) mass is 395 g/mol. The topological polar surface area (TPSA) is 54.3 Å². The Morgan fingerprint density at radius 1 is 1.00 bits per heavy atom. The van der Waals surface area contributed by atoms with Gasteiger partial charge in [-0.2, -0.15) is 0 Å². The lowest BCUT2D eigenvalue weighted by atomic mass is 10.1. The molecule has 1 aliphatic rings. The number of carbonyl (C=O) groups excluding carboxylic acids is 1. The maximum absolute atomic E-state index is 12.8. The van der Waals surface area contributed by atoms with E-state index in [9.17, 15) is 4.79 Å². The number of amides is 1. The molecule has 0 saturated carbocycles. The van der Waals surface area contributed by atoms with Crippen molar-refractivity contribution in [1.29, 1.82) is 0 Å². The molecule has 28 heavy (non-hydrogen) atoms. The van der Waals surface area contributed by atoms with Crippen molar-refractivity contribution in [3.05, 3.63) is 70.5 Å². The van der Waals surface area contributed by atoms with E-state index < -0.39 is 0 Å². The van der Waals surface area contributed by atoms with Crippen molar-refractivity contribution in [1.82, 2.24) is 19.9 Å². The number of piperazine rings is 1. The highest BCUT2D eigenvalue weighted by atomic mass is 35.5. The zero-order valence-corrected chi connectivity index (χ0v) is 16.7. The molecule has 1 aliphatic heterocycles. The van der Waals surface area contributed by atoms with Crippen LogP contribution in [0.5, 0.6) is 0 Å². The Morgan fingerprint density at radius 3 is 2.43 bits per heavy atom. The third-order valence-electron chi connectivity index (χ3n) is 5.09. The van der Waals surface area contributed by atoms with Gasteiger partial charge in [-0.3, -0.25) is 4.79 Å². The summed E-state index contributed by atoms with van der Waals surface area (Å²) in [6.07, 6.45) is 1.69. The fourth-order valence-electron chi connectivity index (χ4n) is 3.42. The van der Waals surface area contributed by atoms with Crippen molar-refractivity contribution in [2.45, 2.75) is 13.8 Å². The van der Waals surface area contributed by atoms with Crippen molar-refractivity contribution in [2.24, 2.45) is 0 Å². The number of halogens is 1. The molecule has 1 saturated heterocycles. The van der Waals surface area contributed by atoms with Crippen LogP contribution in [0.15, 0.2) is 48.7 Å². The van der Waals surface area contributed by atoms with Gasteiger partial charge in [0.1, 0.15) is 0 Å². The standard InChI is InChI=1S/C21H22ClN5O/c1-15-3-7-18(8-4-15)27-14-19(23-24-27)21(28)26-11-9-25(10-12-26)20-13-17(22)6-5-16(20)2/h3-8,13-14H,9-12H2,1-2H3. The molecule has 1 aromatic heterocycles. The minimum absolute atomic E-state index is 0.0826. The maximum atomic E-state index is 12.8. The highest BCUT2D eigenvalue weighted by Gasteiger charge is 2.25. The smallest absolute Gasteiger partial charge is 0.276 e. The normalized spacial score (nSPS) is 14.4. The van der Waals surface area contributed by atoms with Crippen LogP contribution >= 0.6 is 11.6 Å². The zero-order valence-electron chi connectivity index (χ0n) is 16.0. The van der Waals surface area contributed by atoms with Crippen LogP contribution in [0.2, 0.25) is 5.02 Å². The third kappa shape index (κ3) is 3.73. The number of anilines is 1. The van der Waals surface area contributed by atoms with Gasteiger partial charge in [0.05, 0.1) is 11.9 Å². The quantitative estimate of drug-likeness (QED) is 0.681. The summed E-state index contributed by atoms with van der Waals surface area (Å²) in [6, 6.07) is 13.9. The summed E-state index contributed by atoms with van der Waals surface area (Å²) in [4.78, 5) is 16.9. The fourth-order valence-corrected chi connectivity index (χ4v) is 3.59. The van der Waals surface area contributed by atoms with Gasteiger partial charge in [-0.05, 0) is 43.7 Å². The molecule has 0 atom stereocenters. The lowest BCUT2D eigenvalue weighted by molar-refractivity contribution is 0.0740. The summed E-state index contributed by atoms with van der Waals surface area (Å²) in [7, 11) is 0. The predicted molar refractivity (Wildman–Crippen MR) is 110 cm³/mol. The minimum Gasteiger partial charge on any atom is -0.368 e. The number of carbonyl (C=O) groups is 1. The third-order valence-corrected chi connectivity index (χ3v) is 5.32.